The van der Waals surface area contributed by atoms with Gasteiger partial charge in [-0.2, -0.15) is 0 Å². The average Bonchev–Trinajstić information content (AvgIpc) is 2.85. The predicted octanol–water partition coefficient (Wildman–Crippen LogP) is 5.02. The Morgan fingerprint density at radius 2 is 1.55 bits per heavy atom. The van der Waals surface area contributed by atoms with Crippen molar-refractivity contribution in [3.8, 4) is 5.75 Å². The monoisotopic (exact) mass is 438 g/mol. The molecule has 0 aliphatic carbocycles. The number of carbonyl (C=O) groups excluding carboxylic acids is 1. The zero-order valence-electron chi connectivity index (χ0n) is 17.9. The summed E-state index contributed by atoms with van der Waals surface area (Å²) in [5.41, 5.74) is 2.42. The number of rotatable bonds is 8. The van der Waals surface area contributed by atoms with E-state index in [4.69, 9.17) is 4.74 Å². The number of methoxy groups -OCH3 is 1. The summed E-state index contributed by atoms with van der Waals surface area (Å²) in [5, 5.41) is 9.19. The Kier molecular flexibility index (Phi) is 6.87. The molecule has 0 atom stereocenters. The van der Waals surface area contributed by atoms with Crippen molar-refractivity contribution in [1.82, 2.24) is 15.0 Å². The SMILES string of the molecule is COc1ccc(/C=C/C(=O)Nc2ccc(Nc3cc(Nc4ccccn4)ncn3)cc2)cc1. The molecule has 0 unspecified atom stereocenters. The van der Waals surface area contributed by atoms with E-state index in [9.17, 15) is 4.79 Å². The number of nitrogens with one attached hydrogen (secondary N) is 3. The summed E-state index contributed by atoms with van der Waals surface area (Å²) in [6.07, 6.45) is 6.41. The number of hydrogen-bond donors (Lipinski definition) is 3. The molecule has 0 fully saturated rings. The van der Waals surface area contributed by atoms with E-state index in [2.05, 4.69) is 30.9 Å². The molecule has 164 valence electrons. The van der Waals surface area contributed by atoms with Gasteiger partial charge < -0.3 is 20.7 Å². The fourth-order valence-electron chi connectivity index (χ4n) is 2.92. The number of benzene rings is 2. The smallest absolute Gasteiger partial charge is 0.248 e. The van der Waals surface area contributed by atoms with Crippen molar-refractivity contribution in [2.75, 3.05) is 23.1 Å². The van der Waals surface area contributed by atoms with E-state index >= 15 is 0 Å². The van der Waals surface area contributed by atoms with E-state index in [1.165, 1.54) is 12.4 Å². The maximum absolute atomic E-state index is 12.2. The van der Waals surface area contributed by atoms with Gasteiger partial charge in [0.2, 0.25) is 5.91 Å². The second kappa shape index (κ2) is 10.5. The first kappa shape index (κ1) is 21.5. The van der Waals surface area contributed by atoms with Crippen molar-refractivity contribution in [3.05, 3.63) is 97.0 Å². The molecular weight excluding hydrogens is 416 g/mol. The van der Waals surface area contributed by atoms with Crippen LogP contribution < -0.4 is 20.7 Å². The Labute approximate surface area is 191 Å². The summed E-state index contributed by atoms with van der Waals surface area (Å²) in [7, 11) is 1.62. The zero-order chi connectivity index (χ0) is 22.9. The number of anilines is 5. The van der Waals surface area contributed by atoms with Gasteiger partial charge in [0.1, 0.15) is 29.5 Å². The van der Waals surface area contributed by atoms with Gasteiger partial charge in [0.25, 0.3) is 0 Å². The van der Waals surface area contributed by atoms with Gasteiger partial charge in [-0.3, -0.25) is 4.79 Å². The van der Waals surface area contributed by atoms with Gasteiger partial charge in [-0.25, -0.2) is 15.0 Å². The van der Waals surface area contributed by atoms with Gasteiger partial charge in [-0.15, -0.1) is 0 Å². The first-order valence-corrected chi connectivity index (χ1v) is 10.2. The molecule has 2 aromatic heterocycles. The maximum Gasteiger partial charge on any atom is 0.248 e. The summed E-state index contributed by atoms with van der Waals surface area (Å²) in [6, 6.07) is 22.2. The minimum Gasteiger partial charge on any atom is -0.497 e. The Balaban J connectivity index is 1.33. The number of pyridine rings is 1. The van der Waals surface area contributed by atoms with Crippen LogP contribution in [-0.4, -0.2) is 28.0 Å². The number of nitrogens with zero attached hydrogens (tertiary/aromatic N) is 3. The largest absolute Gasteiger partial charge is 0.497 e. The Hall–Kier alpha value is -4.72. The fraction of sp³-hybridized carbons (Fsp3) is 0.0400. The third-order valence-electron chi connectivity index (χ3n) is 4.56. The maximum atomic E-state index is 12.2. The van der Waals surface area contributed by atoms with Crippen LogP contribution in [0, 0.1) is 0 Å². The van der Waals surface area contributed by atoms with Crippen molar-refractivity contribution in [1.29, 1.82) is 0 Å². The lowest BCUT2D eigenvalue weighted by Crippen LogP contribution is -2.07. The van der Waals surface area contributed by atoms with Crippen molar-refractivity contribution in [2.24, 2.45) is 0 Å². The molecule has 33 heavy (non-hydrogen) atoms. The van der Waals surface area contributed by atoms with Crippen LogP contribution >= 0.6 is 0 Å². The highest BCUT2D eigenvalue weighted by Crippen LogP contribution is 2.20. The number of carbonyl (C=O) groups is 1. The first-order chi connectivity index (χ1) is 16.2. The van der Waals surface area contributed by atoms with Crippen molar-refractivity contribution >= 4 is 40.8 Å². The van der Waals surface area contributed by atoms with Gasteiger partial charge in [-0.05, 0) is 60.2 Å². The molecule has 0 saturated carbocycles. The molecule has 1 amide bonds. The molecule has 0 saturated heterocycles. The lowest BCUT2D eigenvalue weighted by Gasteiger charge is -2.09. The van der Waals surface area contributed by atoms with E-state index < -0.39 is 0 Å². The van der Waals surface area contributed by atoms with Crippen molar-refractivity contribution in [3.63, 3.8) is 0 Å². The first-order valence-electron chi connectivity index (χ1n) is 10.2. The highest BCUT2D eigenvalue weighted by atomic mass is 16.5. The van der Waals surface area contributed by atoms with Crippen LogP contribution in [-0.2, 0) is 4.79 Å². The van der Waals surface area contributed by atoms with Crippen LogP contribution in [0.5, 0.6) is 5.75 Å². The zero-order valence-corrected chi connectivity index (χ0v) is 17.9. The fourth-order valence-corrected chi connectivity index (χ4v) is 2.92. The van der Waals surface area contributed by atoms with Gasteiger partial charge >= 0.3 is 0 Å². The molecule has 0 radical (unpaired) electrons. The number of ether oxygens (including phenoxy) is 1. The molecule has 2 heterocycles. The highest BCUT2D eigenvalue weighted by Gasteiger charge is 2.03. The van der Waals surface area contributed by atoms with Crippen LogP contribution in [0.3, 0.4) is 0 Å². The molecule has 4 rings (SSSR count). The molecule has 8 heteroatoms. The molecule has 0 spiro atoms. The van der Waals surface area contributed by atoms with E-state index in [0.29, 0.717) is 23.1 Å². The molecular formula is C25H22N6O2. The summed E-state index contributed by atoms with van der Waals surface area (Å²) in [5.74, 6) is 2.50. The van der Waals surface area contributed by atoms with E-state index in [1.54, 1.807) is 25.4 Å². The van der Waals surface area contributed by atoms with Crippen LogP contribution in [0.4, 0.5) is 28.8 Å². The minimum absolute atomic E-state index is 0.215. The van der Waals surface area contributed by atoms with E-state index in [0.717, 1.165) is 17.0 Å². The summed E-state index contributed by atoms with van der Waals surface area (Å²) in [4.78, 5) is 24.9. The summed E-state index contributed by atoms with van der Waals surface area (Å²) >= 11 is 0. The second-order valence-electron chi connectivity index (χ2n) is 6.93. The van der Waals surface area contributed by atoms with Crippen LogP contribution in [0.25, 0.3) is 6.08 Å². The van der Waals surface area contributed by atoms with Crippen molar-refractivity contribution in [2.45, 2.75) is 0 Å². The molecule has 8 nitrogen and oxygen atoms in total. The number of aromatic nitrogens is 3. The van der Waals surface area contributed by atoms with Crippen LogP contribution in [0.1, 0.15) is 5.56 Å². The second-order valence-corrected chi connectivity index (χ2v) is 6.93. The van der Waals surface area contributed by atoms with E-state index in [1.807, 2.05) is 66.7 Å². The van der Waals surface area contributed by atoms with Gasteiger partial charge in [0.15, 0.2) is 0 Å². The normalized spacial score (nSPS) is 10.6. The molecule has 0 aliphatic rings. The molecule has 0 aliphatic heterocycles. The predicted molar refractivity (Wildman–Crippen MR) is 130 cm³/mol. The molecule has 0 bridgehead atoms. The molecule has 4 aromatic rings. The number of hydrogen-bond acceptors (Lipinski definition) is 7. The summed E-state index contributed by atoms with van der Waals surface area (Å²) in [6.45, 7) is 0. The van der Waals surface area contributed by atoms with Gasteiger partial charge in [0.05, 0.1) is 7.11 Å². The van der Waals surface area contributed by atoms with E-state index in [-0.39, 0.29) is 5.91 Å². The Bertz CT molecular complexity index is 1230. The topological polar surface area (TPSA) is 101 Å². The highest BCUT2D eigenvalue weighted by molar-refractivity contribution is 6.02. The standard InChI is InChI=1S/C25H22N6O2/c1-33-21-12-5-18(6-13-21)7-14-25(32)30-20-10-8-19(9-11-20)29-23-16-24(28-17-27-23)31-22-4-2-3-15-26-22/h2-17H,1H3,(H,30,32)(H2,26,27,28,29,31)/b14-7+. The molecule has 3 N–H and O–H groups in total. The third kappa shape index (κ3) is 6.38. The minimum atomic E-state index is -0.215. The third-order valence-corrected chi connectivity index (χ3v) is 4.56. The summed E-state index contributed by atoms with van der Waals surface area (Å²) < 4.78 is 5.13. The Morgan fingerprint density at radius 3 is 2.24 bits per heavy atom. The van der Waals surface area contributed by atoms with Gasteiger partial charge in [0, 0.05) is 29.7 Å². The molecule has 2 aromatic carbocycles. The lowest BCUT2D eigenvalue weighted by atomic mass is 10.2. The Morgan fingerprint density at radius 1 is 0.818 bits per heavy atom. The quantitative estimate of drug-likeness (QED) is 0.332. The lowest BCUT2D eigenvalue weighted by molar-refractivity contribution is -0.111. The average molecular weight is 438 g/mol. The van der Waals surface area contributed by atoms with Crippen LogP contribution in [0.15, 0.2) is 91.4 Å². The number of amides is 1. The van der Waals surface area contributed by atoms with Crippen LogP contribution in [0.2, 0.25) is 0 Å². The van der Waals surface area contributed by atoms with Crippen molar-refractivity contribution < 1.29 is 9.53 Å². The van der Waals surface area contributed by atoms with Gasteiger partial charge in [-0.1, -0.05) is 18.2 Å².